The van der Waals surface area contributed by atoms with Gasteiger partial charge in [-0.3, -0.25) is 4.79 Å². The Morgan fingerprint density at radius 3 is 2.81 bits per heavy atom. The largest absolute Gasteiger partial charge is 0.349 e. The number of rotatable bonds is 6. The monoisotopic (exact) mass is 225 g/mol. The van der Waals surface area contributed by atoms with Crippen molar-refractivity contribution < 1.29 is 4.79 Å². The summed E-state index contributed by atoms with van der Waals surface area (Å²) in [4.78, 5) is 12.8. The molecule has 1 heterocycles. The second-order valence-electron chi connectivity index (χ2n) is 3.90. The summed E-state index contributed by atoms with van der Waals surface area (Å²) in [5.41, 5.74) is 0. The molecule has 0 bridgehead atoms. The Morgan fingerprint density at radius 2 is 2.25 bits per heavy atom. The normalized spacial score (nSPS) is 10.4. The standard InChI is InChI=1S/C10H19N5O/c1-14(2)10(16)5-7-11-6-4-9-13-12-8-15(9)3/h8,11H,4-7H2,1-3H3. The van der Waals surface area contributed by atoms with Crippen LogP contribution in [-0.4, -0.2) is 52.8 Å². The lowest BCUT2D eigenvalue weighted by Gasteiger charge is -2.10. The van der Waals surface area contributed by atoms with Crippen molar-refractivity contribution in [2.24, 2.45) is 7.05 Å². The van der Waals surface area contributed by atoms with Crippen molar-refractivity contribution in [2.45, 2.75) is 12.8 Å². The number of aromatic nitrogens is 3. The van der Waals surface area contributed by atoms with Crippen LogP contribution in [0.25, 0.3) is 0 Å². The highest BCUT2D eigenvalue weighted by molar-refractivity contribution is 5.75. The molecule has 0 fully saturated rings. The van der Waals surface area contributed by atoms with Crippen LogP contribution in [0.4, 0.5) is 0 Å². The third kappa shape index (κ3) is 3.98. The molecular weight excluding hydrogens is 206 g/mol. The van der Waals surface area contributed by atoms with Gasteiger partial charge in [-0.05, 0) is 0 Å². The summed E-state index contributed by atoms with van der Waals surface area (Å²) in [6.07, 6.45) is 3.05. The highest BCUT2D eigenvalue weighted by Gasteiger charge is 2.03. The molecule has 0 aliphatic heterocycles. The first-order valence-corrected chi connectivity index (χ1v) is 5.35. The lowest BCUT2D eigenvalue weighted by Crippen LogP contribution is -2.27. The van der Waals surface area contributed by atoms with Gasteiger partial charge in [-0.2, -0.15) is 0 Å². The van der Waals surface area contributed by atoms with Crippen LogP contribution in [-0.2, 0) is 18.3 Å². The lowest BCUT2D eigenvalue weighted by atomic mass is 10.3. The van der Waals surface area contributed by atoms with Crippen molar-refractivity contribution in [1.29, 1.82) is 0 Å². The Balaban J connectivity index is 2.09. The minimum absolute atomic E-state index is 0.145. The Hall–Kier alpha value is -1.43. The van der Waals surface area contributed by atoms with Gasteiger partial charge in [0.1, 0.15) is 12.2 Å². The second kappa shape index (κ2) is 6.22. The molecule has 1 aromatic rings. The fraction of sp³-hybridized carbons (Fsp3) is 0.700. The van der Waals surface area contributed by atoms with E-state index in [0.29, 0.717) is 13.0 Å². The molecule has 0 saturated heterocycles. The van der Waals surface area contributed by atoms with Gasteiger partial charge in [0.2, 0.25) is 5.91 Å². The van der Waals surface area contributed by atoms with Gasteiger partial charge in [-0.25, -0.2) is 0 Å². The van der Waals surface area contributed by atoms with Gasteiger partial charge in [0.25, 0.3) is 0 Å². The summed E-state index contributed by atoms with van der Waals surface area (Å²) >= 11 is 0. The Labute approximate surface area is 95.6 Å². The van der Waals surface area contributed by atoms with E-state index >= 15 is 0 Å². The van der Waals surface area contributed by atoms with Crippen LogP contribution < -0.4 is 5.32 Å². The molecule has 1 amide bonds. The van der Waals surface area contributed by atoms with Crippen LogP contribution in [0.2, 0.25) is 0 Å². The number of carbonyl (C=O) groups excluding carboxylic acids is 1. The first-order valence-electron chi connectivity index (χ1n) is 5.35. The van der Waals surface area contributed by atoms with Crippen molar-refractivity contribution in [3.63, 3.8) is 0 Å². The molecule has 0 atom stereocenters. The van der Waals surface area contributed by atoms with E-state index in [1.165, 1.54) is 0 Å². The molecular formula is C10H19N5O. The van der Waals surface area contributed by atoms with Crippen molar-refractivity contribution in [1.82, 2.24) is 25.0 Å². The zero-order valence-electron chi connectivity index (χ0n) is 10.1. The molecule has 0 aromatic carbocycles. The SMILES string of the molecule is CN(C)C(=O)CCNCCc1nncn1C. The smallest absolute Gasteiger partial charge is 0.223 e. The molecule has 0 radical (unpaired) electrons. The van der Waals surface area contributed by atoms with Crippen molar-refractivity contribution >= 4 is 5.91 Å². The number of carbonyl (C=O) groups is 1. The highest BCUT2D eigenvalue weighted by Crippen LogP contribution is 1.91. The lowest BCUT2D eigenvalue weighted by molar-refractivity contribution is -0.128. The summed E-state index contributed by atoms with van der Waals surface area (Å²) in [5.74, 6) is 1.09. The van der Waals surface area contributed by atoms with E-state index in [4.69, 9.17) is 0 Å². The van der Waals surface area contributed by atoms with E-state index < -0.39 is 0 Å². The van der Waals surface area contributed by atoms with Gasteiger partial charge >= 0.3 is 0 Å². The van der Waals surface area contributed by atoms with Gasteiger partial charge < -0.3 is 14.8 Å². The molecule has 6 heteroatoms. The van der Waals surface area contributed by atoms with Crippen LogP contribution >= 0.6 is 0 Å². The third-order valence-corrected chi connectivity index (χ3v) is 2.34. The summed E-state index contributed by atoms with van der Waals surface area (Å²) in [6.45, 7) is 1.52. The predicted octanol–water partition coefficient (Wildman–Crippen LogP) is -0.574. The van der Waals surface area contributed by atoms with E-state index in [-0.39, 0.29) is 5.91 Å². The Bertz CT molecular complexity index is 334. The number of amides is 1. The zero-order chi connectivity index (χ0) is 12.0. The van der Waals surface area contributed by atoms with Gasteiger partial charge in [-0.1, -0.05) is 0 Å². The average Bonchev–Trinajstić information content (AvgIpc) is 2.63. The number of hydrogen-bond donors (Lipinski definition) is 1. The van der Waals surface area contributed by atoms with E-state index in [0.717, 1.165) is 18.8 Å². The van der Waals surface area contributed by atoms with Gasteiger partial charge in [0, 0.05) is 47.1 Å². The summed E-state index contributed by atoms with van der Waals surface area (Å²) < 4.78 is 1.90. The second-order valence-corrected chi connectivity index (χ2v) is 3.90. The topological polar surface area (TPSA) is 63.1 Å². The maximum absolute atomic E-state index is 11.2. The Kier molecular flexibility index (Phi) is 4.91. The predicted molar refractivity (Wildman–Crippen MR) is 60.9 cm³/mol. The van der Waals surface area contributed by atoms with E-state index in [9.17, 15) is 4.79 Å². The fourth-order valence-corrected chi connectivity index (χ4v) is 1.28. The molecule has 16 heavy (non-hydrogen) atoms. The van der Waals surface area contributed by atoms with Crippen molar-refractivity contribution in [3.05, 3.63) is 12.2 Å². The first-order chi connectivity index (χ1) is 7.61. The van der Waals surface area contributed by atoms with Crippen LogP contribution in [0, 0.1) is 0 Å². The third-order valence-electron chi connectivity index (χ3n) is 2.34. The molecule has 90 valence electrons. The average molecular weight is 225 g/mol. The van der Waals surface area contributed by atoms with Gasteiger partial charge in [0.15, 0.2) is 0 Å². The summed E-state index contributed by atoms with van der Waals surface area (Å²) in [7, 11) is 5.45. The maximum Gasteiger partial charge on any atom is 0.223 e. The van der Waals surface area contributed by atoms with Gasteiger partial charge in [-0.15, -0.1) is 10.2 Å². The molecule has 1 aromatic heterocycles. The summed E-state index contributed by atoms with van der Waals surface area (Å²) in [6, 6.07) is 0. The number of aryl methyl sites for hydroxylation is 1. The van der Waals surface area contributed by atoms with Gasteiger partial charge in [0.05, 0.1) is 0 Å². The molecule has 0 unspecified atom stereocenters. The minimum Gasteiger partial charge on any atom is -0.349 e. The minimum atomic E-state index is 0.145. The van der Waals surface area contributed by atoms with Crippen molar-refractivity contribution in [2.75, 3.05) is 27.2 Å². The molecule has 1 rings (SSSR count). The maximum atomic E-state index is 11.2. The number of nitrogens with zero attached hydrogens (tertiary/aromatic N) is 4. The number of hydrogen-bond acceptors (Lipinski definition) is 4. The molecule has 1 N–H and O–H groups in total. The zero-order valence-corrected chi connectivity index (χ0v) is 10.1. The Morgan fingerprint density at radius 1 is 1.50 bits per heavy atom. The van der Waals surface area contributed by atoms with Crippen LogP contribution in [0.5, 0.6) is 0 Å². The molecule has 0 aliphatic carbocycles. The van der Waals surface area contributed by atoms with Crippen LogP contribution in [0.1, 0.15) is 12.2 Å². The quantitative estimate of drug-likeness (QED) is 0.658. The number of nitrogens with one attached hydrogen (secondary N) is 1. The van der Waals surface area contributed by atoms with E-state index in [1.807, 2.05) is 11.6 Å². The molecule has 0 spiro atoms. The van der Waals surface area contributed by atoms with Crippen LogP contribution in [0.15, 0.2) is 6.33 Å². The fourth-order valence-electron chi connectivity index (χ4n) is 1.28. The molecule has 0 saturated carbocycles. The van der Waals surface area contributed by atoms with E-state index in [1.54, 1.807) is 25.3 Å². The summed E-state index contributed by atoms with van der Waals surface area (Å²) in [5, 5.41) is 11.0. The molecule has 6 nitrogen and oxygen atoms in total. The first kappa shape index (κ1) is 12.6. The molecule has 0 aliphatic rings. The van der Waals surface area contributed by atoms with Crippen LogP contribution in [0.3, 0.4) is 0 Å². The highest BCUT2D eigenvalue weighted by atomic mass is 16.2. The van der Waals surface area contributed by atoms with E-state index in [2.05, 4.69) is 15.5 Å². The van der Waals surface area contributed by atoms with Crippen molar-refractivity contribution in [3.8, 4) is 0 Å².